The molecule has 2 rings (SSSR count). The van der Waals surface area contributed by atoms with Crippen LogP contribution in [0.15, 0.2) is 36.4 Å². The van der Waals surface area contributed by atoms with E-state index in [4.69, 9.17) is 19.7 Å². The predicted molar refractivity (Wildman–Crippen MR) is 81.4 cm³/mol. The van der Waals surface area contributed by atoms with Crippen LogP contribution in [0.1, 0.15) is 11.1 Å². The van der Waals surface area contributed by atoms with Crippen molar-refractivity contribution in [2.75, 3.05) is 26.4 Å². The van der Waals surface area contributed by atoms with Gasteiger partial charge in [-0.1, -0.05) is 18.2 Å². The highest BCUT2D eigenvalue weighted by Crippen LogP contribution is 2.08. The summed E-state index contributed by atoms with van der Waals surface area (Å²) >= 11 is 0. The number of carbonyl (C=O) groups is 2. The molecule has 0 unspecified atom stereocenters. The summed E-state index contributed by atoms with van der Waals surface area (Å²) in [5.74, 6) is -2.04. The van der Waals surface area contributed by atoms with Crippen LogP contribution in [0.3, 0.4) is 0 Å². The molecule has 1 aliphatic rings. The Labute approximate surface area is 128 Å². The first kappa shape index (κ1) is 17.6. The molecule has 0 aromatic heterocycles. The quantitative estimate of drug-likeness (QED) is 0.825. The fraction of sp³-hybridized carbons (Fsp3) is 0.250. The van der Waals surface area contributed by atoms with E-state index in [1.54, 1.807) is 24.3 Å². The molecular weight excluding hydrogens is 288 g/mol. The Morgan fingerprint density at radius 1 is 0.864 bits per heavy atom. The van der Waals surface area contributed by atoms with Crippen molar-refractivity contribution in [1.82, 2.24) is 0 Å². The molecule has 0 spiro atoms. The summed E-state index contributed by atoms with van der Waals surface area (Å²) < 4.78 is 9.89. The Bertz CT molecular complexity index is 493. The molecule has 1 saturated heterocycles. The molecule has 0 atom stereocenters. The van der Waals surface area contributed by atoms with Crippen molar-refractivity contribution in [3.63, 3.8) is 0 Å². The zero-order chi connectivity index (χ0) is 16.2. The van der Waals surface area contributed by atoms with Crippen molar-refractivity contribution in [3.05, 3.63) is 47.5 Å². The number of carboxylic acid groups (broad SMARTS) is 2. The summed E-state index contributed by atoms with van der Waals surface area (Å²) in [5, 5.41) is 16.9. The van der Waals surface area contributed by atoms with Crippen LogP contribution < -0.4 is 0 Å². The van der Waals surface area contributed by atoms with Gasteiger partial charge in [-0.05, 0) is 29.3 Å². The zero-order valence-corrected chi connectivity index (χ0v) is 12.0. The summed E-state index contributed by atoms with van der Waals surface area (Å²) in [6, 6.07) is 6.89. The lowest BCUT2D eigenvalue weighted by molar-refractivity contribution is -0.132. The van der Waals surface area contributed by atoms with Crippen LogP contribution in [0.5, 0.6) is 0 Å². The number of carboxylic acids is 2. The van der Waals surface area contributed by atoms with Gasteiger partial charge in [0, 0.05) is 12.2 Å². The van der Waals surface area contributed by atoms with E-state index in [9.17, 15) is 9.59 Å². The molecule has 2 N–H and O–H groups in total. The topological polar surface area (TPSA) is 93.1 Å². The molecule has 1 aliphatic heterocycles. The smallest absolute Gasteiger partial charge is 0.328 e. The lowest BCUT2D eigenvalue weighted by Gasteiger charge is -2.09. The second-order valence-corrected chi connectivity index (χ2v) is 4.24. The van der Waals surface area contributed by atoms with Crippen molar-refractivity contribution in [3.8, 4) is 0 Å². The van der Waals surface area contributed by atoms with Crippen LogP contribution in [0.2, 0.25) is 0 Å². The third-order valence-electron chi connectivity index (χ3n) is 2.49. The Hall–Kier alpha value is -2.44. The summed E-state index contributed by atoms with van der Waals surface area (Å²) in [4.78, 5) is 20.6. The third kappa shape index (κ3) is 8.68. The van der Waals surface area contributed by atoms with Gasteiger partial charge in [-0.2, -0.15) is 0 Å². The maximum absolute atomic E-state index is 10.3. The molecule has 0 saturated carbocycles. The highest BCUT2D eigenvalue weighted by Gasteiger charge is 1.94. The van der Waals surface area contributed by atoms with Crippen LogP contribution in [0.25, 0.3) is 12.2 Å². The second-order valence-electron chi connectivity index (χ2n) is 4.24. The van der Waals surface area contributed by atoms with Crippen LogP contribution in [0.4, 0.5) is 0 Å². The molecule has 6 nitrogen and oxygen atoms in total. The standard InChI is InChI=1S/C12H10O4.C4H8O2/c13-11(14)6-4-9-2-1-3-10(8-9)5-7-12(15)16;1-2-6-4-3-5-1/h1-8H,(H,13,14)(H,15,16);1-4H2/b6-4+,7-5+;. The van der Waals surface area contributed by atoms with E-state index in [2.05, 4.69) is 0 Å². The fourth-order valence-electron chi connectivity index (χ4n) is 1.54. The van der Waals surface area contributed by atoms with Gasteiger partial charge in [-0.25, -0.2) is 9.59 Å². The van der Waals surface area contributed by atoms with Gasteiger partial charge in [0.2, 0.25) is 0 Å². The van der Waals surface area contributed by atoms with Gasteiger partial charge in [-0.3, -0.25) is 0 Å². The summed E-state index contributed by atoms with van der Waals surface area (Å²) in [7, 11) is 0. The highest BCUT2D eigenvalue weighted by molar-refractivity contribution is 5.86. The first-order chi connectivity index (χ1) is 10.6. The Balaban J connectivity index is 0.000000335. The third-order valence-corrected chi connectivity index (χ3v) is 2.49. The summed E-state index contributed by atoms with van der Waals surface area (Å²) in [5.41, 5.74) is 1.41. The number of aliphatic carboxylic acids is 2. The van der Waals surface area contributed by atoms with Crippen LogP contribution >= 0.6 is 0 Å². The monoisotopic (exact) mass is 306 g/mol. The van der Waals surface area contributed by atoms with E-state index in [0.717, 1.165) is 38.6 Å². The molecule has 0 amide bonds. The van der Waals surface area contributed by atoms with Gasteiger partial charge < -0.3 is 19.7 Å². The largest absolute Gasteiger partial charge is 0.478 e. The van der Waals surface area contributed by atoms with E-state index in [1.165, 1.54) is 12.2 Å². The molecule has 0 radical (unpaired) electrons. The Kier molecular flexibility index (Phi) is 8.25. The summed E-state index contributed by atoms with van der Waals surface area (Å²) in [6.07, 6.45) is 4.95. The number of benzene rings is 1. The maximum atomic E-state index is 10.3. The van der Waals surface area contributed by atoms with Gasteiger partial charge in [-0.15, -0.1) is 0 Å². The Morgan fingerprint density at radius 2 is 1.27 bits per heavy atom. The fourth-order valence-corrected chi connectivity index (χ4v) is 1.54. The SMILES string of the molecule is C1COCCO1.O=C(O)/C=C/c1cccc(/C=C/C(=O)O)c1. The van der Waals surface area contributed by atoms with Gasteiger partial charge in [0.1, 0.15) is 0 Å². The van der Waals surface area contributed by atoms with E-state index >= 15 is 0 Å². The number of ether oxygens (including phenoxy) is 2. The van der Waals surface area contributed by atoms with E-state index in [0.29, 0.717) is 11.1 Å². The zero-order valence-electron chi connectivity index (χ0n) is 12.0. The second kappa shape index (κ2) is 10.3. The molecule has 118 valence electrons. The Morgan fingerprint density at radius 3 is 1.59 bits per heavy atom. The highest BCUT2D eigenvalue weighted by atomic mass is 16.6. The molecule has 22 heavy (non-hydrogen) atoms. The maximum Gasteiger partial charge on any atom is 0.328 e. The molecular formula is C16H18O6. The first-order valence-electron chi connectivity index (χ1n) is 6.65. The van der Waals surface area contributed by atoms with Gasteiger partial charge in [0.15, 0.2) is 0 Å². The van der Waals surface area contributed by atoms with Crippen LogP contribution in [-0.4, -0.2) is 48.6 Å². The molecule has 1 aromatic carbocycles. The van der Waals surface area contributed by atoms with Gasteiger partial charge >= 0.3 is 11.9 Å². The van der Waals surface area contributed by atoms with Crippen molar-refractivity contribution in [1.29, 1.82) is 0 Å². The van der Waals surface area contributed by atoms with Crippen molar-refractivity contribution in [2.45, 2.75) is 0 Å². The molecule has 1 heterocycles. The molecule has 1 aromatic rings. The predicted octanol–water partition coefficient (Wildman–Crippen LogP) is 1.92. The van der Waals surface area contributed by atoms with Crippen molar-refractivity contribution < 1.29 is 29.3 Å². The number of hydrogen-bond donors (Lipinski definition) is 2. The van der Waals surface area contributed by atoms with Crippen molar-refractivity contribution in [2.24, 2.45) is 0 Å². The normalized spacial score (nSPS) is 14.5. The number of hydrogen-bond acceptors (Lipinski definition) is 4. The lowest BCUT2D eigenvalue weighted by Crippen LogP contribution is -2.16. The number of rotatable bonds is 4. The minimum absolute atomic E-state index is 0.704. The molecule has 1 fully saturated rings. The van der Waals surface area contributed by atoms with Crippen LogP contribution in [-0.2, 0) is 19.1 Å². The minimum atomic E-state index is -1.02. The van der Waals surface area contributed by atoms with E-state index < -0.39 is 11.9 Å². The molecule has 0 aliphatic carbocycles. The van der Waals surface area contributed by atoms with Crippen LogP contribution in [0, 0.1) is 0 Å². The van der Waals surface area contributed by atoms with Gasteiger partial charge in [0.05, 0.1) is 26.4 Å². The molecule has 0 bridgehead atoms. The minimum Gasteiger partial charge on any atom is -0.478 e. The van der Waals surface area contributed by atoms with E-state index in [1.807, 2.05) is 0 Å². The average Bonchev–Trinajstić information content (AvgIpc) is 2.54. The summed E-state index contributed by atoms with van der Waals surface area (Å²) in [6.45, 7) is 3.11. The average molecular weight is 306 g/mol. The van der Waals surface area contributed by atoms with E-state index in [-0.39, 0.29) is 0 Å². The first-order valence-corrected chi connectivity index (χ1v) is 6.65. The lowest BCUT2D eigenvalue weighted by atomic mass is 10.1. The van der Waals surface area contributed by atoms with Crippen molar-refractivity contribution >= 4 is 24.1 Å². The molecule has 6 heteroatoms. The van der Waals surface area contributed by atoms with Gasteiger partial charge in [0.25, 0.3) is 0 Å².